The lowest BCUT2D eigenvalue weighted by Gasteiger charge is -2.35. The van der Waals surface area contributed by atoms with Gasteiger partial charge in [-0.05, 0) is 59.6 Å². The van der Waals surface area contributed by atoms with Crippen molar-refractivity contribution in [2.24, 2.45) is 0 Å². The number of aromatic nitrogens is 2. The Hall–Kier alpha value is -2.04. The minimum Gasteiger partial charge on any atom is -0.466 e. The van der Waals surface area contributed by atoms with E-state index >= 15 is 0 Å². The maximum Gasteiger partial charge on any atom is 0.230 e. The van der Waals surface area contributed by atoms with Crippen LogP contribution in [0.1, 0.15) is 60.2 Å². The van der Waals surface area contributed by atoms with E-state index in [1.165, 1.54) is 5.69 Å². The van der Waals surface area contributed by atoms with Gasteiger partial charge in [0.2, 0.25) is 5.91 Å². The Bertz CT molecular complexity index is 744. The Morgan fingerprint density at radius 1 is 1.29 bits per heavy atom. The van der Waals surface area contributed by atoms with Crippen molar-refractivity contribution in [3.05, 3.63) is 40.6 Å². The first-order valence-electron chi connectivity index (χ1n) is 8.75. The molecule has 3 heterocycles. The first-order valence-corrected chi connectivity index (χ1v) is 8.75. The van der Waals surface area contributed by atoms with Crippen molar-refractivity contribution in [1.82, 2.24) is 14.7 Å². The molecule has 0 aromatic carbocycles. The highest BCUT2D eigenvalue weighted by molar-refractivity contribution is 5.83. The third kappa shape index (κ3) is 3.12. The number of hydrogen-bond acceptors (Lipinski definition) is 3. The Morgan fingerprint density at radius 3 is 2.62 bits per heavy atom. The molecule has 0 unspecified atom stereocenters. The van der Waals surface area contributed by atoms with E-state index in [9.17, 15) is 4.79 Å². The van der Waals surface area contributed by atoms with Crippen molar-refractivity contribution in [1.29, 1.82) is 0 Å². The molecule has 0 aliphatic carbocycles. The van der Waals surface area contributed by atoms with Gasteiger partial charge in [0, 0.05) is 24.3 Å². The molecule has 1 aliphatic heterocycles. The summed E-state index contributed by atoms with van der Waals surface area (Å²) in [4.78, 5) is 15.0. The highest BCUT2D eigenvalue weighted by Crippen LogP contribution is 2.28. The fraction of sp³-hybridized carbons (Fsp3) is 0.579. The van der Waals surface area contributed by atoms with Crippen molar-refractivity contribution in [2.75, 3.05) is 13.1 Å². The van der Waals surface area contributed by atoms with Crippen molar-refractivity contribution >= 4 is 5.91 Å². The van der Waals surface area contributed by atoms with Gasteiger partial charge in [0.05, 0.1) is 17.7 Å². The van der Waals surface area contributed by atoms with Crippen LogP contribution in [0.4, 0.5) is 0 Å². The summed E-state index contributed by atoms with van der Waals surface area (Å²) in [5.41, 5.74) is 3.21. The standard InChI is InChI=1S/C19H27N3O2/c1-12-9-13(2)22(20-12)17-7-6-8-21(11-17)19(23)15(4)18-10-14(3)24-16(18)5/h9-10,15,17H,6-8,11H2,1-5H3/t15-,17+/m1/s1. The maximum atomic E-state index is 13.0. The zero-order valence-corrected chi connectivity index (χ0v) is 15.3. The van der Waals surface area contributed by atoms with E-state index in [-0.39, 0.29) is 17.9 Å². The molecule has 5 heteroatoms. The predicted octanol–water partition coefficient (Wildman–Crippen LogP) is 3.68. The van der Waals surface area contributed by atoms with Gasteiger partial charge in [-0.25, -0.2) is 0 Å². The third-order valence-corrected chi connectivity index (χ3v) is 5.01. The van der Waals surface area contributed by atoms with Gasteiger partial charge in [0.25, 0.3) is 0 Å². The first kappa shape index (κ1) is 16.8. The molecule has 0 N–H and O–H groups in total. The number of carbonyl (C=O) groups excluding carboxylic acids is 1. The van der Waals surface area contributed by atoms with Crippen molar-refractivity contribution in [3.8, 4) is 0 Å². The van der Waals surface area contributed by atoms with Crippen LogP contribution in [0, 0.1) is 27.7 Å². The number of carbonyl (C=O) groups is 1. The summed E-state index contributed by atoms with van der Waals surface area (Å²) >= 11 is 0. The van der Waals surface area contributed by atoms with Crippen LogP contribution in [-0.4, -0.2) is 33.7 Å². The molecule has 2 aromatic rings. The molecule has 1 fully saturated rings. The largest absolute Gasteiger partial charge is 0.466 e. The molecule has 1 saturated heterocycles. The van der Waals surface area contributed by atoms with E-state index in [0.717, 1.165) is 48.7 Å². The summed E-state index contributed by atoms with van der Waals surface area (Å²) in [6.07, 6.45) is 2.09. The molecule has 1 aliphatic rings. The van der Waals surface area contributed by atoms with E-state index in [2.05, 4.69) is 22.8 Å². The van der Waals surface area contributed by atoms with Gasteiger partial charge in [0.1, 0.15) is 11.5 Å². The van der Waals surface area contributed by atoms with Crippen molar-refractivity contribution < 1.29 is 9.21 Å². The Balaban J connectivity index is 1.75. The van der Waals surface area contributed by atoms with Gasteiger partial charge in [-0.1, -0.05) is 0 Å². The summed E-state index contributed by atoms with van der Waals surface area (Å²) in [7, 11) is 0. The minimum atomic E-state index is -0.165. The molecule has 3 rings (SSSR count). The normalized spacial score (nSPS) is 19.5. The van der Waals surface area contributed by atoms with Gasteiger partial charge >= 0.3 is 0 Å². The minimum absolute atomic E-state index is 0.165. The van der Waals surface area contributed by atoms with Crippen molar-refractivity contribution in [2.45, 2.75) is 59.4 Å². The molecular weight excluding hydrogens is 302 g/mol. The van der Waals surface area contributed by atoms with Crippen LogP contribution in [0.15, 0.2) is 16.5 Å². The summed E-state index contributed by atoms with van der Waals surface area (Å²) < 4.78 is 7.69. The number of amides is 1. The van der Waals surface area contributed by atoms with Gasteiger partial charge in [-0.15, -0.1) is 0 Å². The lowest BCUT2D eigenvalue weighted by atomic mass is 9.97. The second kappa shape index (κ2) is 6.46. The quantitative estimate of drug-likeness (QED) is 0.863. The third-order valence-electron chi connectivity index (χ3n) is 5.01. The van der Waals surface area contributed by atoms with Gasteiger partial charge < -0.3 is 9.32 Å². The smallest absolute Gasteiger partial charge is 0.230 e. The highest BCUT2D eigenvalue weighted by Gasteiger charge is 2.30. The van der Waals surface area contributed by atoms with Crippen LogP contribution in [0.3, 0.4) is 0 Å². The summed E-state index contributed by atoms with van der Waals surface area (Å²) in [5.74, 6) is 1.73. The zero-order valence-electron chi connectivity index (χ0n) is 15.3. The van der Waals surface area contributed by atoms with Crippen LogP contribution >= 0.6 is 0 Å². The zero-order chi connectivity index (χ0) is 17.4. The second-order valence-corrected chi connectivity index (χ2v) is 7.04. The number of aryl methyl sites for hydroxylation is 4. The van der Waals surface area contributed by atoms with E-state index in [4.69, 9.17) is 4.42 Å². The second-order valence-electron chi connectivity index (χ2n) is 7.04. The molecule has 2 aromatic heterocycles. The molecule has 0 spiro atoms. The van der Waals surface area contributed by atoms with Crippen LogP contribution in [0.25, 0.3) is 0 Å². The summed E-state index contributed by atoms with van der Waals surface area (Å²) in [6.45, 7) is 11.5. The number of furan rings is 1. The molecule has 0 saturated carbocycles. The Labute approximate surface area is 143 Å². The lowest BCUT2D eigenvalue weighted by Crippen LogP contribution is -2.43. The van der Waals surface area contributed by atoms with E-state index in [1.807, 2.05) is 38.7 Å². The fourth-order valence-electron chi connectivity index (χ4n) is 3.86. The monoisotopic (exact) mass is 329 g/mol. The molecular formula is C19H27N3O2. The van der Waals surface area contributed by atoms with Gasteiger partial charge in [-0.2, -0.15) is 5.10 Å². The molecule has 0 bridgehead atoms. The number of piperidine rings is 1. The Kier molecular flexibility index (Phi) is 4.52. The average Bonchev–Trinajstić information content (AvgIpc) is 3.06. The molecule has 5 nitrogen and oxygen atoms in total. The fourth-order valence-corrected chi connectivity index (χ4v) is 3.86. The topological polar surface area (TPSA) is 51.3 Å². The SMILES string of the molecule is Cc1cc(C)n([C@H]2CCCN(C(=O)[C@H](C)c3cc(C)oc3C)C2)n1. The molecule has 130 valence electrons. The molecule has 0 radical (unpaired) electrons. The summed E-state index contributed by atoms with van der Waals surface area (Å²) in [6, 6.07) is 4.36. The first-order chi connectivity index (χ1) is 11.4. The molecule has 24 heavy (non-hydrogen) atoms. The lowest BCUT2D eigenvalue weighted by molar-refractivity contribution is -0.134. The van der Waals surface area contributed by atoms with Gasteiger partial charge in [0.15, 0.2) is 0 Å². The number of likely N-dealkylation sites (tertiary alicyclic amines) is 1. The van der Waals surface area contributed by atoms with Crippen LogP contribution in [0.5, 0.6) is 0 Å². The molecule has 2 atom stereocenters. The maximum absolute atomic E-state index is 13.0. The average molecular weight is 329 g/mol. The number of rotatable bonds is 3. The molecule has 1 amide bonds. The van der Waals surface area contributed by atoms with Gasteiger partial charge in [-0.3, -0.25) is 9.48 Å². The summed E-state index contributed by atoms with van der Waals surface area (Å²) in [5, 5.41) is 4.61. The van der Waals surface area contributed by atoms with Crippen LogP contribution < -0.4 is 0 Å². The van der Waals surface area contributed by atoms with Crippen LogP contribution in [0.2, 0.25) is 0 Å². The Morgan fingerprint density at radius 2 is 2.04 bits per heavy atom. The highest BCUT2D eigenvalue weighted by atomic mass is 16.3. The van der Waals surface area contributed by atoms with E-state index in [0.29, 0.717) is 0 Å². The van der Waals surface area contributed by atoms with E-state index in [1.54, 1.807) is 0 Å². The predicted molar refractivity (Wildman–Crippen MR) is 93.1 cm³/mol. The number of nitrogens with zero attached hydrogens (tertiary/aromatic N) is 3. The van der Waals surface area contributed by atoms with Crippen molar-refractivity contribution in [3.63, 3.8) is 0 Å². The van der Waals surface area contributed by atoms with Crippen LogP contribution in [-0.2, 0) is 4.79 Å². The number of hydrogen-bond donors (Lipinski definition) is 0. The van der Waals surface area contributed by atoms with E-state index < -0.39 is 0 Å².